The van der Waals surface area contributed by atoms with E-state index in [4.69, 9.17) is 21.7 Å². The van der Waals surface area contributed by atoms with Gasteiger partial charge in [-0.15, -0.1) is 0 Å². The standard InChI is InChI=1S/C26H31N5O2S/c1-32-21-8-4-7-20(19-21)30-13-5-10-23(30)25-24(22-9-2-3-11-27-22)28-26(34)31(25)14-6-12-29-15-17-33-18-16-29/h2-5,7-11,13,19,24-25H,6,12,14-18H2,1H3,(H,28,34)/t24-,25+/m0/s1. The Hall–Kier alpha value is -2.94. The van der Waals surface area contributed by atoms with E-state index < -0.39 is 0 Å². The Bertz CT molecular complexity index is 1100. The van der Waals surface area contributed by atoms with Gasteiger partial charge in [0.25, 0.3) is 0 Å². The zero-order chi connectivity index (χ0) is 23.3. The Balaban J connectivity index is 1.45. The van der Waals surface area contributed by atoms with E-state index in [0.29, 0.717) is 0 Å². The first-order valence-electron chi connectivity index (χ1n) is 11.8. The predicted octanol–water partition coefficient (Wildman–Crippen LogP) is 3.58. The first-order valence-corrected chi connectivity index (χ1v) is 12.3. The van der Waals surface area contributed by atoms with E-state index in [0.717, 1.165) is 68.1 Å². The molecule has 1 aromatic carbocycles. The molecule has 2 saturated heterocycles. The van der Waals surface area contributed by atoms with Crippen molar-refractivity contribution in [3.63, 3.8) is 0 Å². The molecule has 2 aliphatic heterocycles. The number of benzene rings is 1. The molecule has 0 unspecified atom stereocenters. The van der Waals surface area contributed by atoms with Crippen LogP contribution in [-0.4, -0.2) is 71.0 Å². The Kier molecular flexibility index (Phi) is 7.08. The van der Waals surface area contributed by atoms with Crippen molar-refractivity contribution in [2.24, 2.45) is 0 Å². The highest BCUT2D eigenvalue weighted by molar-refractivity contribution is 7.80. The van der Waals surface area contributed by atoms with E-state index in [2.05, 4.69) is 61.2 Å². The van der Waals surface area contributed by atoms with Crippen LogP contribution in [0, 0.1) is 0 Å². The summed E-state index contributed by atoms with van der Waals surface area (Å²) in [6.07, 6.45) is 4.99. The molecule has 2 aliphatic rings. The van der Waals surface area contributed by atoms with E-state index in [1.54, 1.807) is 7.11 Å². The average Bonchev–Trinajstić information content (AvgIpc) is 3.50. The van der Waals surface area contributed by atoms with Gasteiger partial charge in [0.15, 0.2) is 5.11 Å². The van der Waals surface area contributed by atoms with Crippen LogP contribution < -0.4 is 10.1 Å². The van der Waals surface area contributed by atoms with Gasteiger partial charge in [-0.25, -0.2) is 0 Å². The molecule has 3 aromatic rings. The fourth-order valence-electron chi connectivity index (χ4n) is 4.89. The van der Waals surface area contributed by atoms with Crippen LogP contribution in [0.5, 0.6) is 5.75 Å². The molecule has 5 rings (SSSR count). The second kappa shape index (κ2) is 10.5. The summed E-state index contributed by atoms with van der Waals surface area (Å²) in [6, 6.07) is 18.5. The highest BCUT2D eigenvalue weighted by Gasteiger charge is 2.41. The van der Waals surface area contributed by atoms with Gasteiger partial charge in [-0.05, 0) is 55.0 Å². The summed E-state index contributed by atoms with van der Waals surface area (Å²) in [7, 11) is 1.70. The molecule has 7 nitrogen and oxygen atoms in total. The van der Waals surface area contributed by atoms with Gasteiger partial charge in [0.05, 0.1) is 38.1 Å². The van der Waals surface area contributed by atoms with E-state index >= 15 is 0 Å². The number of rotatable bonds is 8. The lowest BCUT2D eigenvalue weighted by Gasteiger charge is -2.31. The van der Waals surface area contributed by atoms with Gasteiger partial charge in [0.1, 0.15) is 5.75 Å². The molecule has 8 heteroatoms. The number of nitrogens with zero attached hydrogens (tertiary/aromatic N) is 4. The number of aromatic nitrogens is 2. The van der Waals surface area contributed by atoms with Crippen molar-refractivity contribution in [1.82, 2.24) is 24.7 Å². The Morgan fingerprint density at radius 2 is 1.97 bits per heavy atom. The lowest BCUT2D eigenvalue weighted by molar-refractivity contribution is 0.0365. The van der Waals surface area contributed by atoms with Crippen LogP contribution in [0.1, 0.15) is 29.9 Å². The first-order chi connectivity index (χ1) is 16.7. The van der Waals surface area contributed by atoms with E-state index in [1.807, 2.05) is 30.5 Å². The van der Waals surface area contributed by atoms with Crippen LogP contribution in [0.4, 0.5) is 0 Å². The highest BCUT2D eigenvalue weighted by Crippen LogP contribution is 2.39. The van der Waals surface area contributed by atoms with Crippen LogP contribution in [0.15, 0.2) is 67.0 Å². The second-order valence-corrected chi connectivity index (χ2v) is 9.02. The molecule has 0 amide bonds. The van der Waals surface area contributed by atoms with Gasteiger partial charge in [0.2, 0.25) is 0 Å². The highest BCUT2D eigenvalue weighted by atomic mass is 32.1. The summed E-state index contributed by atoms with van der Waals surface area (Å²) < 4.78 is 13.2. The van der Waals surface area contributed by atoms with Crippen molar-refractivity contribution in [2.75, 3.05) is 46.5 Å². The number of ether oxygens (including phenoxy) is 2. The minimum Gasteiger partial charge on any atom is -0.497 e. The van der Waals surface area contributed by atoms with Crippen LogP contribution in [0.25, 0.3) is 5.69 Å². The largest absolute Gasteiger partial charge is 0.497 e. The van der Waals surface area contributed by atoms with Gasteiger partial charge in [-0.3, -0.25) is 9.88 Å². The van der Waals surface area contributed by atoms with Gasteiger partial charge in [-0.1, -0.05) is 12.1 Å². The van der Waals surface area contributed by atoms with Crippen LogP contribution >= 0.6 is 12.2 Å². The normalized spacial score (nSPS) is 21.0. The average molecular weight is 478 g/mol. The molecule has 0 saturated carbocycles. The van der Waals surface area contributed by atoms with Crippen LogP contribution in [0.3, 0.4) is 0 Å². The third-order valence-electron chi connectivity index (χ3n) is 6.59. The van der Waals surface area contributed by atoms with Crippen molar-refractivity contribution >= 4 is 17.3 Å². The van der Waals surface area contributed by atoms with Crippen molar-refractivity contribution in [3.05, 3.63) is 78.4 Å². The summed E-state index contributed by atoms with van der Waals surface area (Å²) in [4.78, 5) is 9.48. The molecular formula is C26H31N5O2S. The van der Waals surface area contributed by atoms with Crippen molar-refractivity contribution in [2.45, 2.75) is 18.5 Å². The van der Waals surface area contributed by atoms with Crippen LogP contribution in [-0.2, 0) is 4.74 Å². The van der Waals surface area contributed by atoms with Crippen molar-refractivity contribution in [3.8, 4) is 11.4 Å². The number of thiocarbonyl (C=S) groups is 1. The molecule has 1 N–H and O–H groups in total. The number of hydrogen-bond donors (Lipinski definition) is 1. The monoisotopic (exact) mass is 477 g/mol. The van der Waals surface area contributed by atoms with Crippen molar-refractivity contribution < 1.29 is 9.47 Å². The molecule has 178 valence electrons. The molecule has 2 aromatic heterocycles. The summed E-state index contributed by atoms with van der Waals surface area (Å²) in [5, 5.41) is 4.35. The third kappa shape index (κ3) is 4.80. The fourth-order valence-corrected chi connectivity index (χ4v) is 5.22. The van der Waals surface area contributed by atoms with Gasteiger partial charge in [0, 0.05) is 56.0 Å². The SMILES string of the molecule is COc1cccc(-n2cccc2[C@@H]2[C@H](c3ccccn3)NC(=S)N2CCCN2CCOCC2)c1. The van der Waals surface area contributed by atoms with Gasteiger partial charge < -0.3 is 24.3 Å². The number of hydrogen-bond acceptors (Lipinski definition) is 5. The first kappa shape index (κ1) is 22.8. The molecule has 2 atom stereocenters. The lowest BCUT2D eigenvalue weighted by atomic mass is 10.0. The van der Waals surface area contributed by atoms with Gasteiger partial charge >= 0.3 is 0 Å². The molecule has 0 aliphatic carbocycles. The summed E-state index contributed by atoms with van der Waals surface area (Å²) in [6.45, 7) is 5.56. The molecule has 0 spiro atoms. The Morgan fingerprint density at radius 3 is 2.76 bits per heavy atom. The number of morpholine rings is 1. The van der Waals surface area contributed by atoms with E-state index in [9.17, 15) is 0 Å². The molecule has 0 radical (unpaired) electrons. The maximum Gasteiger partial charge on any atom is 0.170 e. The number of nitrogens with one attached hydrogen (secondary N) is 1. The minimum atomic E-state index is -0.0312. The van der Waals surface area contributed by atoms with Gasteiger partial charge in [-0.2, -0.15) is 0 Å². The fraction of sp³-hybridized carbons (Fsp3) is 0.385. The summed E-state index contributed by atoms with van der Waals surface area (Å²) >= 11 is 5.86. The third-order valence-corrected chi connectivity index (χ3v) is 6.94. The van der Waals surface area contributed by atoms with Crippen LogP contribution in [0.2, 0.25) is 0 Å². The molecule has 4 heterocycles. The maximum absolute atomic E-state index is 5.86. The zero-order valence-electron chi connectivity index (χ0n) is 19.5. The summed E-state index contributed by atoms with van der Waals surface area (Å²) in [5.41, 5.74) is 3.22. The smallest absolute Gasteiger partial charge is 0.170 e. The topological polar surface area (TPSA) is 54.8 Å². The van der Waals surface area contributed by atoms with E-state index in [1.165, 1.54) is 5.69 Å². The number of pyridine rings is 1. The van der Waals surface area contributed by atoms with Crippen molar-refractivity contribution in [1.29, 1.82) is 0 Å². The number of methoxy groups -OCH3 is 1. The molecular weight excluding hydrogens is 446 g/mol. The lowest BCUT2D eigenvalue weighted by Crippen LogP contribution is -2.39. The quantitative estimate of drug-likeness (QED) is 0.498. The Morgan fingerprint density at radius 1 is 1.09 bits per heavy atom. The van der Waals surface area contributed by atoms with E-state index in [-0.39, 0.29) is 12.1 Å². The Labute approximate surface area is 206 Å². The maximum atomic E-state index is 5.86. The summed E-state index contributed by atoms with van der Waals surface area (Å²) in [5.74, 6) is 0.834. The molecule has 34 heavy (non-hydrogen) atoms. The second-order valence-electron chi connectivity index (χ2n) is 8.63. The minimum absolute atomic E-state index is 0.0216. The zero-order valence-corrected chi connectivity index (χ0v) is 20.3. The molecule has 2 fully saturated rings. The molecule has 0 bridgehead atoms. The predicted molar refractivity (Wildman–Crippen MR) is 136 cm³/mol.